The van der Waals surface area contributed by atoms with Crippen LogP contribution in [0.1, 0.15) is 22.6 Å². The number of hydrogen-bond acceptors (Lipinski definition) is 8. The van der Waals surface area contributed by atoms with Crippen LogP contribution >= 0.6 is 0 Å². The third-order valence-electron chi connectivity index (χ3n) is 7.47. The molecule has 1 aromatic heterocycles. The number of carbonyl (C=O) groups excluding carboxylic acids is 1. The minimum Gasteiger partial charge on any atom is -0.485 e. The number of fused-ring (bicyclic) bond motifs is 2. The van der Waals surface area contributed by atoms with Crippen molar-refractivity contribution >= 4 is 23.1 Å². The van der Waals surface area contributed by atoms with Gasteiger partial charge in [-0.3, -0.25) is 9.69 Å². The second kappa shape index (κ2) is 8.87. The fraction of sp³-hybridized carbons (Fsp3) is 0.423. The number of benzene rings is 1. The van der Waals surface area contributed by atoms with E-state index in [4.69, 9.17) is 9.47 Å². The summed E-state index contributed by atoms with van der Waals surface area (Å²) in [5.74, 6) is 1.69. The Labute approximate surface area is 204 Å². The number of hydrogen-bond donors (Lipinski definition) is 1. The maximum absolute atomic E-state index is 11.7. The fourth-order valence-electron chi connectivity index (χ4n) is 5.34. The highest BCUT2D eigenvalue weighted by atomic mass is 16.5. The Hall–Kier alpha value is -3.61. The molecule has 9 nitrogen and oxygen atoms in total. The summed E-state index contributed by atoms with van der Waals surface area (Å²) >= 11 is 0. The van der Waals surface area contributed by atoms with Gasteiger partial charge < -0.3 is 24.6 Å². The van der Waals surface area contributed by atoms with Crippen LogP contribution in [0, 0.1) is 11.3 Å². The number of rotatable bonds is 4. The molecule has 6 rings (SSSR count). The third kappa shape index (κ3) is 3.89. The van der Waals surface area contributed by atoms with Crippen LogP contribution in [0.15, 0.2) is 37.1 Å². The average molecular weight is 473 g/mol. The molecule has 4 aliphatic heterocycles. The van der Waals surface area contributed by atoms with E-state index in [1.807, 2.05) is 23.2 Å². The van der Waals surface area contributed by atoms with E-state index in [0.29, 0.717) is 43.1 Å². The standard InChI is InChI=1S/C26H28N6O3/c1-2-24(33)32-14-20(15-32)31-12-19(13-31)17-9-18(11-27)25-22(10-17)29-26-21(16-35-25)23(3-4-28-26)30-5-7-34-8-6-30/h2-4,9-10,19-20H,1,5-8,12-16H2,(H,28,29). The molecule has 0 unspecified atom stereocenters. The predicted molar refractivity (Wildman–Crippen MR) is 131 cm³/mol. The highest BCUT2D eigenvalue weighted by Gasteiger charge is 2.40. The van der Waals surface area contributed by atoms with Gasteiger partial charge in [0.2, 0.25) is 5.91 Å². The first-order chi connectivity index (χ1) is 17.1. The number of pyridine rings is 1. The number of aromatic nitrogens is 1. The van der Waals surface area contributed by atoms with Crippen LogP contribution in [-0.4, -0.2) is 79.2 Å². The number of likely N-dealkylation sites (tertiary alicyclic amines) is 2. The highest BCUT2D eigenvalue weighted by molar-refractivity contribution is 5.87. The highest BCUT2D eigenvalue weighted by Crippen LogP contribution is 2.42. The van der Waals surface area contributed by atoms with Crippen LogP contribution in [-0.2, 0) is 16.1 Å². The Morgan fingerprint density at radius 1 is 1.23 bits per heavy atom. The molecule has 9 heteroatoms. The van der Waals surface area contributed by atoms with Crippen molar-refractivity contribution in [3.63, 3.8) is 0 Å². The molecule has 1 amide bonds. The van der Waals surface area contributed by atoms with Gasteiger partial charge in [0.25, 0.3) is 0 Å². The predicted octanol–water partition coefficient (Wildman–Crippen LogP) is 2.22. The number of nitrogens with zero attached hydrogens (tertiary/aromatic N) is 5. The smallest absolute Gasteiger partial charge is 0.246 e. The van der Waals surface area contributed by atoms with E-state index in [1.165, 1.54) is 6.08 Å². The summed E-state index contributed by atoms with van der Waals surface area (Å²) in [4.78, 5) is 22.8. The molecule has 3 saturated heterocycles. The molecular formula is C26H28N6O3. The van der Waals surface area contributed by atoms with Crippen molar-refractivity contribution in [1.29, 1.82) is 5.26 Å². The van der Waals surface area contributed by atoms with Gasteiger partial charge in [0, 0.05) is 63.1 Å². The van der Waals surface area contributed by atoms with Crippen LogP contribution in [0.25, 0.3) is 0 Å². The molecule has 4 aliphatic rings. The van der Waals surface area contributed by atoms with Crippen LogP contribution in [0.5, 0.6) is 5.75 Å². The van der Waals surface area contributed by atoms with Gasteiger partial charge in [-0.05, 0) is 29.8 Å². The topological polar surface area (TPSA) is 94.0 Å². The van der Waals surface area contributed by atoms with Crippen molar-refractivity contribution in [2.75, 3.05) is 62.7 Å². The first-order valence-electron chi connectivity index (χ1n) is 12.1. The van der Waals surface area contributed by atoms with Crippen molar-refractivity contribution in [1.82, 2.24) is 14.8 Å². The Balaban J connectivity index is 1.21. The summed E-state index contributed by atoms with van der Waals surface area (Å²) < 4.78 is 11.7. The van der Waals surface area contributed by atoms with Gasteiger partial charge >= 0.3 is 0 Å². The van der Waals surface area contributed by atoms with E-state index in [0.717, 1.165) is 67.6 Å². The maximum atomic E-state index is 11.7. The fourth-order valence-corrected chi connectivity index (χ4v) is 5.34. The van der Waals surface area contributed by atoms with Gasteiger partial charge in [0.1, 0.15) is 18.5 Å². The van der Waals surface area contributed by atoms with Crippen molar-refractivity contribution in [2.45, 2.75) is 18.6 Å². The van der Waals surface area contributed by atoms with E-state index < -0.39 is 0 Å². The lowest BCUT2D eigenvalue weighted by Gasteiger charge is -2.51. The Morgan fingerprint density at radius 3 is 2.77 bits per heavy atom. The summed E-state index contributed by atoms with van der Waals surface area (Å²) in [7, 11) is 0. The second-order valence-corrected chi connectivity index (χ2v) is 9.48. The molecule has 35 heavy (non-hydrogen) atoms. The van der Waals surface area contributed by atoms with Crippen LogP contribution in [0.4, 0.5) is 17.2 Å². The van der Waals surface area contributed by atoms with Crippen molar-refractivity contribution in [3.8, 4) is 11.8 Å². The normalized spacial score (nSPS) is 20.2. The molecule has 3 fully saturated rings. The number of ether oxygens (including phenoxy) is 2. The van der Waals surface area contributed by atoms with E-state index in [1.54, 1.807) is 0 Å². The first kappa shape index (κ1) is 21.9. The molecule has 0 atom stereocenters. The molecule has 1 N–H and O–H groups in total. The molecule has 180 valence electrons. The van der Waals surface area contributed by atoms with Crippen LogP contribution in [0.2, 0.25) is 0 Å². The summed E-state index contributed by atoms with van der Waals surface area (Å²) in [5.41, 5.74) is 4.54. The van der Waals surface area contributed by atoms with Crippen molar-refractivity contribution in [3.05, 3.63) is 53.7 Å². The minimum absolute atomic E-state index is 0.000481. The SMILES string of the molecule is C=CC(=O)N1CC(N2CC(c3cc(C#N)c4c(c3)Nc3nccc(N5CCOCC5)c3CO4)C2)C1. The summed E-state index contributed by atoms with van der Waals surface area (Å²) in [5, 5.41) is 13.4. The molecule has 2 aromatic rings. The molecule has 0 radical (unpaired) electrons. The van der Waals surface area contributed by atoms with Gasteiger partial charge in [0.15, 0.2) is 5.75 Å². The first-order valence-corrected chi connectivity index (χ1v) is 12.1. The Kier molecular flexibility index (Phi) is 5.55. The van der Waals surface area contributed by atoms with Crippen LogP contribution in [0.3, 0.4) is 0 Å². The van der Waals surface area contributed by atoms with E-state index in [2.05, 4.69) is 38.8 Å². The number of nitrogens with one attached hydrogen (secondary N) is 1. The Bertz CT molecular complexity index is 1210. The lowest BCUT2D eigenvalue weighted by molar-refractivity contribution is -0.134. The largest absolute Gasteiger partial charge is 0.485 e. The Morgan fingerprint density at radius 2 is 2.03 bits per heavy atom. The monoisotopic (exact) mass is 472 g/mol. The van der Waals surface area contributed by atoms with Gasteiger partial charge in [-0.15, -0.1) is 0 Å². The second-order valence-electron chi connectivity index (χ2n) is 9.48. The molecule has 0 aliphatic carbocycles. The van der Waals surface area contributed by atoms with Crippen molar-refractivity contribution in [2.24, 2.45) is 0 Å². The maximum Gasteiger partial charge on any atom is 0.246 e. The van der Waals surface area contributed by atoms with Gasteiger partial charge in [-0.2, -0.15) is 5.26 Å². The van der Waals surface area contributed by atoms with Gasteiger partial charge in [-0.1, -0.05) is 6.58 Å². The lowest BCUT2D eigenvalue weighted by Crippen LogP contribution is -2.65. The molecule has 0 spiro atoms. The molecule has 5 heterocycles. The summed E-state index contributed by atoms with van der Waals surface area (Å²) in [6.07, 6.45) is 3.19. The van der Waals surface area contributed by atoms with E-state index in [9.17, 15) is 10.1 Å². The van der Waals surface area contributed by atoms with Gasteiger partial charge in [0.05, 0.1) is 30.0 Å². The number of nitriles is 1. The average Bonchev–Trinajstić information content (AvgIpc) is 3.03. The zero-order chi connectivity index (χ0) is 23.9. The summed E-state index contributed by atoms with van der Waals surface area (Å²) in [6.45, 7) is 10.3. The molecule has 0 saturated carbocycles. The van der Waals surface area contributed by atoms with Crippen molar-refractivity contribution < 1.29 is 14.3 Å². The summed E-state index contributed by atoms with van der Waals surface area (Å²) in [6, 6.07) is 8.82. The zero-order valence-corrected chi connectivity index (χ0v) is 19.6. The number of carbonyl (C=O) groups is 1. The van der Waals surface area contributed by atoms with E-state index in [-0.39, 0.29) is 5.91 Å². The quantitative estimate of drug-likeness (QED) is 0.677. The third-order valence-corrected chi connectivity index (χ3v) is 7.47. The molecular weight excluding hydrogens is 444 g/mol. The van der Waals surface area contributed by atoms with E-state index >= 15 is 0 Å². The number of morpholine rings is 1. The van der Waals surface area contributed by atoms with Gasteiger partial charge in [-0.25, -0.2) is 4.98 Å². The molecule has 0 bridgehead atoms. The minimum atomic E-state index is -0.000481. The zero-order valence-electron chi connectivity index (χ0n) is 19.6. The number of anilines is 3. The van der Waals surface area contributed by atoms with Crippen LogP contribution < -0.4 is 15.0 Å². The molecule has 1 aromatic carbocycles. The number of amides is 1. The lowest BCUT2D eigenvalue weighted by atomic mass is 9.87.